The van der Waals surface area contributed by atoms with Crippen LogP contribution in [-0.2, 0) is 11.3 Å². The Morgan fingerprint density at radius 1 is 1.18 bits per heavy atom. The van der Waals surface area contributed by atoms with E-state index < -0.39 is 5.72 Å². The summed E-state index contributed by atoms with van der Waals surface area (Å²) in [7, 11) is 0. The van der Waals surface area contributed by atoms with E-state index in [0.29, 0.717) is 18.0 Å². The minimum atomic E-state index is -1.57. The first-order valence-electron chi connectivity index (χ1n) is 6.84. The van der Waals surface area contributed by atoms with Gasteiger partial charge in [0.1, 0.15) is 5.75 Å². The van der Waals surface area contributed by atoms with Crippen LogP contribution < -0.4 is 9.64 Å². The standard InChI is InChI=1S/C16H14N4O2/c1-16(18-19-17)15(21)20(11-12-7-3-2-4-8-12)13-9-5-6-10-14(13)22-16/h2-10H,11H2,1H3. The van der Waals surface area contributed by atoms with Gasteiger partial charge in [0.15, 0.2) is 0 Å². The molecular formula is C16H14N4O2. The van der Waals surface area contributed by atoms with E-state index in [1.807, 2.05) is 48.5 Å². The number of amides is 1. The van der Waals surface area contributed by atoms with E-state index in [9.17, 15) is 4.79 Å². The molecule has 1 heterocycles. The van der Waals surface area contributed by atoms with E-state index in [4.69, 9.17) is 10.3 Å². The van der Waals surface area contributed by atoms with Crippen molar-refractivity contribution in [3.63, 3.8) is 0 Å². The van der Waals surface area contributed by atoms with Crippen LogP contribution in [0.15, 0.2) is 59.7 Å². The molecule has 6 nitrogen and oxygen atoms in total. The normalized spacial score (nSPS) is 19.9. The number of azide groups is 1. The first-order chi connectivity index (χ1) is 10.6. The van der Waals surface area contributed by atoms with Crippen molar-refractivity contribution in [3.8, 4) is 5.75 Å². The van der Waals surface area contributed by atoms with Crippen molar-refractivity contribution in [1.29, 1.82) is 0 Å². The molecule has 0 saturated carbocycles. The average molecular weight is 294 g/mol. The highest BCUT2D eigenvalue weighted by Crippen LogP contribution is 2.39. The molecule has 2 aromatic carbocycles. The van der Waals surface area contributed by atoms with Crippen molar-refractivity contribution >= 4 is 11.6 Å². The number of hydrogen-bond acceptors (Lipinski definition) is 3. The largest absolute Gasteiger partial charge is 0.469 e. The predicted octanol–water partition coefficient (Wildman–Crippen LogP) is 3.64. The van der Waals surface area contributed by atoms with Crippen LogP contribution in [0.1, 0.15) is 12.5 Å². The van der Waals surface area contributed by atoms with Gasteiger partial charge in [-0.15, -0.1) is 0 Å². The van der Waals surface area contributed by atoms with Gasteiger partial charge in [0, 0.05) is 4.91 Å². The number of fused-ring (bicyclic) bond motifs is 1. The molecule has 1 aliphatic heterocycles. The minimum absolute atomic E-state index is 0.382. The molecule has 1 amide bonds. The Labute approximate surface area is 127 Å². The van der Waals surface area contributed by atoms with Gasteiger partial charge in [0.2, 0.25) is 0 Å². The van der Waals surface area contributed by atoms with E-state index in [-0.39, 0.29) is 5.91 Å². The number of benzene rings is 2. The third-order valence-corrected chi connectivity index (χ3v) is 3.53. The highest BCUT2D eigenvalue weighted by atomic mass is 16.5. The zero-order valence-electron chi connectivity index (χ0n) is 12.0. The maximum absolute atomic E-state index is 12.7. The van der Waals surface area contributed by atoms with Crippen LogP contribution in [0, 0.1) is 0 Å². The van der Waals surface area contributed by atoms with Gasteiger partial charge >= 0.3 is 0 Å². The quantitative estimate of drug-likeness (QED) is 0.492. The smallest absolute Gasteiger partial charge is 0.277 e. The van der Waals surface area contributed by atoms with Crippen LogP contribution in [0.5, 0.6) is 5.75 Å². The summed E-state index contributed by atoms with van der Waals surface area (Å²) in [4.78, 5) is 17.1. The molecule has 1 aliphatic rings. The summed E-state index contributed by atoms with van der Waals surface area (Å²) in [5.74, 6) is 0.140. The van der Waals surface area contributed by atoms with Crippen LogP contribution in [-0.4, -0.2) is 11.6 Å². The Morgan fingerprint density at radius 2 is 1.86 bits per heavy atom. The second-order valence-corrected chi connectivity index (χ2v) is 5.12. The van der Waals surface area contributed by atoms with Gasteiger partial charge in [-0.05, 0) is 35.3 Å². The van der Waals surface area contributed by atoms with E-state index in [2.05, 4.69) is 10.0 Å². The van der Waals surface area contributed by atoms with Crippen LogP contribution >= 0.6 is 0 Å². The summed E-state index contributed by atoms with van der Waals surface area (Å²) in [5.41, 5.74) is 8.81. The van der Waals surface area contributed by atoms with Crippen LogP contribution in [0.25, 0.3) is 10.4 Å². The summed E-state index contributed by atoms with van der Waals surface area (Å²) >= 11 is 0. The number of carbonyl (C=O) groups excluding carboxylic acids is 1. The maximum atomic E-state index is 12.7. The molecule has 2 aromatic rings. The molecule has 0 radical (unpaired) electrons. The molecule has 6 heteroatoms. The number of nitrogens with zero attached hydrogens (tertiary/aromatic N) is 4. The van der Waals surface area contributed by atoms with Crippen LogP contribution in [0.4, 0.5) is 5.69 Å². The Balaban J connectivity index is 2.06. The van der Waals surface area contributed by atoms with Crippen LogP contribution in [0.2, 0.25) is 0 Å². The molecule has 1 atom stereocenters. The van der Waals surface area contributed by atoms with Gasteiger partial charge in [-0.1, -0.05) is 42.5 Å². The number of ether oxygens (including phenoxy) is 1. The van der Waals surface area contributed by atoms with Gasteiger partial charge in [0.25, 0.3) is 11.6 Å². The number of carbonyl (C=O) groups is 1. The zero-order chi connectivity index (χ0) is 15.6. The Morgan fingerprint density at radius 3 is 2.59 bits per heavy atom. The summed E-state index contributed by atoms with van der Waals surface area (Å²) in [6.45, 7) is 1.86. The fraction of sp³-hybridized carbons (Fsp3) is 0.188. The average Bonchev–Trinajstić information content (AvgIpc) is 2.53. The van der Waals surface area contributed by atoms with Crippen molar-refractivity contribution in [2.24, 2.45) is 5.11 Å². The molecule has 0 N–H and O–H groups in total. The monoisotopic (exact) mass is 294 g/mol. The third-order valence-electron chi connectivity index (χ3n) is 3.53. The summed E-state index contributed by atoms with van der Waals surface area (Å²) in [6, 6.07) is 16.8. The van der Waals surface area contributed by atoms with Gasteiger partial charge in [-0.2, -0.15) is 0 Å². The first-order valence-corrected chi connectivity index (χ1v) is 6.84. The number of hydrogen-bond donors (Lipinski definition) is 0. The third kappa shape index (κ3) is 2.36. The molecule has 0 fully saturated rings. The fourth-order valence-electron chi connectivity index (χ4n) is 2.46. The van der Waals surface area contributed by atoms with E-state index in [1.165, 1.54) is 6.92 Å². The van der Waals surface area contributed by atoms with Crippen molar-refractivity contribution in [2.75, 3.05) is 4.90 Å². The summed E-state index contributed by atoms with van der Waals surface area (Å²) in [6.07, 6.45) is 0. The number of rotatable bonds is 3. The van der Waals surface area contributed by atoms with Gasteiger partial charge in [-0.3, -0.25) is 4.79 Å². The maximum Gasteiger partial charge on any atom is 0.277 e. The highest BCUT2D eigenvalue weighted by molar-refractivity contribution is 6.02. The Hall–Kier alpha value is -2.98. The van der Waals surface area contributed by atoms with Crippen LogP contribution in [0.3, 0.4) is 0 Å². The van der Waals surface area contributed by atoms with Crippen molar-refractivity contribution in [1.82, 2.24) is 0 Å². The topological polar surface area (TPSA) is 78.3 Å². The molecule has 3 rings (SSSR count). The van der Waals surface area contributed by atoms with Crippen molar-refractivity contribution < 1.29 is 9.53 Å². The predicted molar refractivity (Wildman–Crippen MR) is 82.3 cm³/mol. The molecule has 0 aromatic heterocycles. The van der Waals surface area contributed by atoms with E-state index in [1.54, 1.807) is 11.0 Å². The first kappa shape index (κ1) is 14.0. The molecule has 1 unspecified atom stereocenters. The molecule has 22 heavy (non-hydrogen) atoms. The second-order valence-electron chi connectivity index (χ2n) is 5.12. The molecule has 0 aliphatic carbocycles. The van der Waals surface area contributed by atoms with E-state index in [0.717, 1.165) is 5.56 Å². The lowest BCUT2D eigenvalue weighted by molar-refractivity contribution is -0.133. The number of para-hydroxylation sites is 2. The molecule has 0 spiro atoms. The lowest BCUT2D eigenvalue weighted by Crippen LogP contribution is -2.52. The summed E-state index contributed by atoms with van der Waals surface area (Å²) < 4.78 is 5.63. The SMILES string of the molecule is CC1(N=[N+]=[N-])Oc2ccccc2N(Cc2ccccc2)C1=O. The molecular weight excluding hydrogens is 280 g/mol. The van der Waals surface area contributed by atoms with Crippen molar-refractivity contribution in [2.45, 2.75) is 19.2 Å². The Kier molecular flexibility index (Phi) is 3.45. The van der Waals surface area contributed by atoms with Gasteiger partial charge < -0.3 is 9.64 Å². The molecule has 110 valence electrons. The lowest BCUT2D eigenvalue weighted by Gasteiger charge is -2.38. The van der Waals surface area contributed by atoms with E-state index >= 15 is 0 Å². The van der Waals surface area contributed by atoms with Gasteiger partial charge in [0.05, 0.1) is 12.2 Å². The second kappa shape index (κ2) is 5.42. The summed E-state index contributed by atoms with van der Waals surface area (Å²) in [5, 5.41) is 3.55. The number of anilines is 1. The van der Waals surface area contributed by atoms with Gasteiger partial charge in [-0.25, -0.2) is 0 Å². The Bertz CT molecular complexity index is 756. The molecule has 0 bridgehead atoms. The highest BCUT2D eigenvalue weighted by Gasteiger charge is 2.44. The minimum Gasteiger partial charge on any atom is -0.469 e. The molecule has 0 saturated heterocycles. The lowest BCUT2D eigenvalue weighted by atomic mass is 10.1. The fourth-order valence-corrected chi connectivity index (χ4v) is 2.46. The zero-order valence-corrected chi connectivity index (χ0v) is 12.0. The van der Waals surface area contributed by atoms with Crippen molar-refractivity contribution in [3.05, 3.63) is 70.6 Å².